The molecule has 1 aromatic carbocycles. The van der Waals surface area contributed by atoms with Gasteiger partial charge in [0.15, 0.2) is 11.6 Å². The topological polar surface area (TPSA) is 32.3 Å². The standard InChI is InChI=1S/C16H20F2N2O/c1-4-16(3)15(21)20(13-7-9(13)2)14(19-16)10-5-6-11(17)12(18)8-10/h5-6,8-9,13-14,19H,4,7H2,1-3H3. The van der Waals surface area contributed by atoms with E-state index in [0.717, 1.165) is 12.5 Å². The highest BCUT2D eigenvalue weighted by atomic mass is 19.2. The van der Waals surface area contributed by atoms with E-state index < -0.39 is 17.2 Å². The van der Waals surface area contributed by atoms with Crippen molar-refractivity contribution in [1.29, 1.82) is 0 Å². The number of benzene rings is 1. The molecule has 1 saturated heterocycles. The molecule has 2 fully saturated rings. The van der Waals surface area contributed by atoms with Crippen molar-refractivity contribution in [3.05, 3.63) is 35.4 Å². The fourth-order valence-corrected chi connectivity index (χ4v) is 3.05. The normalized spacial score (nSPS) is 35.4. The second kappa shape index (κ2) is 4.77. The van der Waals surface area contributed by atoms with Gasteiger partial charge in [-0.15, -0.1) is 0 Å². The third-order valence-electron chi connectivity index (χ3n) is 4.83. The van der Waals surface area contributed by atoms with Crippen LogP contribution < -0.4 is 5.32 Å². The molecule has 4 unspecified atom stereocenters. The molecule has 1 N–H and O–H groups in total. The van der Waals surface area contributed by atoms with Gasteiger partial charge in [0, 0.05) is 6.04 Å². The van der Waals surface area contributed by atoms with Crippen LogP contribution in [0.4, 0.5) is 8.78 Å². The Hall–Kier alpha value is -1.49. The van der Waals surface area contributed by atoms with E-state index in [4.69, 9.17) is 0 Å². The second-order valence-electron chi connectivity index (χ2n) is 6.40. The van der Waals surface area contributed by atoms with Crippen molar-refractivity contribution in [1.82, 2.24) is 10.2 Å². The SMILES string of the molecule is CCC1(C)NC(c2ccc(F)c(F)c2)N(C2CC2C)C1=O. The maximum Gasteiger partial charge on any atom is 0.244 e. The summed E-state index contributed by atoms with van der Waals surface area (Å²) in [6, 6.07) is 4.04. The van der Waals surface area contributed by atoms with Crippen LogP contribution in [0.15, 0.2) is 18.2 Å². The minimum atomic E-state index is -0.879. The Kier molecular flexibility index (Phi) is 3.28. The lowest BCUT2D eigenvalue weighted by Gasteiger charge is -2.25. The fourth-order valence-electron chi connectivity index (χ4n) is 3.05. The molecule has 3 rings (SSSR count). The lowest BCUT2D eigenvalue weighted by atomic mass is 9.99. The van der Waals surface area contributed by atoms with Crippen LogP contribution in [0, 0.1) is 17.6 Å². The zero-order chi connectivity index (χ0) is 15.4. The molecule has 0 spiro atoms. The predicted molar refractivity (Wildman–Crippen MR) is 75.3 cm³/mol. The summed E-state index contributed by atoms with van der Waals surface area (Å²) >= 11 is 0. The van der Waals surface area contributed by atoms with E-state index in [-0.39, 0.29) is 18.1 Å². The minimum Gasteiger partial charge on any atom is -0.318 e. The first kappa shape index (κ1) is 14.4. The molecular formula is C16H20F2N2O. The Morgan fingerprint density at radius 2 is 2.05 bits per heavy atom. The van der Waals surface area contributed by atoms with Gasteiger partial charge in [-0.1, -0.05) is 19.9 Å². The molecule has 0 bridgehead atoms. The highest BCUT2D eigenvalue weighted by Crippen LogP contribution is 2.44. The molecule has 1 aromatic rings. The van der Waals surface area contributed by atoms with Crippen molar-refractivity contribution in [2.45, 2.75) is 51.4 Å². The van der Waals surface area contributed by atoms with Gasteiger partial charge >= 0.3 is 0 Å². The van der Waals surface area contributed by atoms with Gasteiger partial charge in [-0.2, -0.15) is 0 Å². The molecular weight excluding hydrogens is 274 g/mol. The van der Waals surface area contributed by atoms with Crippen LogP contribution in [-0.4, -0.2) is 22.4 Å². The zero-order valence-corrected chi connectivity index (χ0v) is 12.5. The van der Waals surface area contributed by atoms with Crippen molar-refractivity contribution in [2.75, 3.05) is 0 Å². The average molecular weight is 294 g/mol. The number of rotatable bonds is 3. The van der Waals surface area contributed by atoms with Crippen LogP contribution in [0.1, 0.15) is 45.3 Å². The van der Waals surface area contributed by atoms with E-state index in [1.165, 1.54) is 6.07 Å². The van der Waals surface area contributed by atoms with Crippen molar-refractivity contribution >= 4 is 5.91 Å². The van der Waals surface area contributed by atoms with Gasteiger partial charge in [0.25, 0.3) is 0 Å². The summed E-state index contributed by atoms with van der Waals surface area (Å²) in [6.45, 7) is 5.92. The van der Waals surface area contributed by atoms with E-state index in [2.05, 4.69) is 12.2 Å². The van der Waals surface area contributed by atoms with Crippen molar-refractivity contribution < 1.29 is 13.6 Å². The van der Waals surface area contributed by atoms with Gasteiger partial charge < -0.3 is 4.90 Å². The summed E-state index contributed by atoms with van der Waals surface area (Å²) < 4.78 is 26.7. The second-order valence-corrected chi connectivity index (χ2v) is 6.40. The van der Waals surface area contributed by atoms with Gasteiger partial charge in [-0.05, 0) is 43.4 Å². The van der Waals surface area contributed by atoms with E-state index in [0.29, 0.717) is 17.9 Å². The molecule has 1 saturated carbocycles. The number of carbonyl (C=O) groups is 1. The summed E-state index contributed by atoms with van der Waals surface area (Å²) in [6.07, 6.45) is 1.24. The lowest BCUT2D eigenvalue weighted by molar-refractivity contribution is -0.133. The third kappa shape index (κ3) is 2.24. The molecule has 1 aliphatic heterocycles. The summed E-state index contributed by atoms with van der Waals surface area (Å²) in [4.78, 5) is 14.5. The molecule has 21 heavy (non-hydrogen) atoms. The smallest absolute Gasteiger partial charge is 0.244 e. The van der Waals surface area contributed by atoms with Crippen LogP contribution >= 0.6 is 0 Å². The molecule has 0 radical (unpaired) electrons. The Balaban J connectivity index is 1.98. The molecule has 3 nitrogen and oxygen atoms in total. The minimum absolute atomic E-state index is 0.0501. The first-order valence-corrected chi connectivity index (χ1v) is 7.43. The van der Waals surface area contributed by atoms with Crippen molar-refractivity contribution in [3.63, 3.8) is 0 Å². The maximum absolute atomic E-state index is 13.5. The Morgan fingerprint density at radius 1 is 1.38 bits per heavy atom. The average Bonchev–Trinajstić information content (AvgIpc) is 3.10. The first-order valence-electron chi connectivity index (χ1n) is 7.43. The number of carbonyl (C=O) groups excluding carboxylic acids is 1. The monoisotopic (exact) mass is 294 g/mol. The van der Waals surface area contributed by atoms with Crippen molar-refractivity contribution in [2.24, 2.45) is 5.92 Å². The highest BCUT2D eigenvalue weighted by molar-refractivity contribution is 5.89. The predicted octanol–water partition coefficient (Wildman–Crippen LogP) is 2.97. The van der Waals surface area contributed by atoms with Gasteiger partial charge in [-0.25, -0.2) is 8.78 Å². The van der Waals surface area contributed by atoms with E-state index >= 15 is 0 Å². The van der Waals surface area contributed by atoms with Crippen LogP contribution in [0.5, 0.6) is 0 Å². The Labute approximate surface area is 123 Å². The molecule has 1 aliphatic carbocycles. The molecule has 5 heteroatoms. The largest absolute Gasteiger partial charge is 0.318 e. The van der Waals surface area contributed by atoms with Gasteiger partial charge in [0.05, 0.1) is 5.54 Å². The van der Waals surface area contributed by atoms with Crippen molar-refractivity contribution in [3.8, 4) is 0 Å². The van der Waals surface area contributed by atoms with Crippen LogP contribution in [0.25, 0.3) is 0 Å². The molecule has 0 aromatic heterocycles. The van der Waals surface area contributed by atoms with Crippen LogP contribution in [-0.2, 0) is 4.79 Å². The summed E-state index contributed by atoms with van der Waals surface area (Å²) in [5.41, 5.74) is -0.0452. The van der Waals surface area contributed by atoms with E-state index in [9.17, 15) is 13.6 Å². The maximum atomic E-state index is 13.5. The Morgan fingerprint density at radius 3 is 2.57 bits per heavy atom. The molecule has 2 aliphatic rings. The molecule has 1 heterocycles. The molecule has 114 valence electrons. The van der Waals surface area contributed by atoms with Gasteiger partial charge in [0.1, 0.15) is 6.17 Å². The number of halogens is 2. The van der Waals surface area contributed by atoms with E-state index in [1.54, 1.807) is 6.07 Å². The highest BCUT2D eigenvalue weighted by Gasteiger charge is 2.54. The third-order valence-corrected chi connectivity index (χ3v) is 4.83. The Bertz CT molecular complexity index is 592. The molecule has 1 amide bonds. The molecule has 4 atom stereocenters. The lowest BCUT2D eigenvalue weighted by Crippen LogP contribution is -2.43. The zero-order valence-electron chi connectivity index (χ0n) is 12.5. The van der Waals surface area contributed by atoms with Crippen LogP contribution in [0.3, 0.4) is 0 Å². The van der Waals surface area contributed by atoms with Crippen LogP contribution in [0.2, 0.25) is 0 Å². The number of nitrogens with one attached hydrogen (secondary N) is 1. The number of nitrogens with zero attached hydrogens (tertiary/aromatic N) is 1. The van der Waals surface area contributed by atoms with Gasteiger partial charge in [-0.3, -0.25) is 10.1 Å². The summed E-state index contributed by atoms with van der Waals surface area (Å²) in [5, 5.41) is 3.31. The number of hydrogen-bond donors (Lipinski definition) is 1. The first-order chi connectivity index (χ1) is 9.87. The summed E-state index contributed by atoms with van der Waals surface area (Å²) in [7, 11) is 0. The summed E-state index contributed by atoms with van der Waals surface area (Å²) in [5.74, 6) is -1.24. The fraction of sp³-hybridized carbons (Fsp3) is 0.562. The van der Waals surface area contributed by atoms with E-state index in [1.807, 2.05) is 18.7 Å². The quantitative estimate of drug-likeness (QED) is 0.929. The van der Waals surface area contributed by atoms with Gasteiger partial charge in [0.2, 0.25) is 5.91 Å². The number of amides is 1. The number of hydrogen-bond acceptors (Lipinski definition) is 2.